The molecule has 0 aromatic heterocycles. The molecule has 1 aliphatic rings. The molecular weight excluding hydrogens is 410 g/mol. The number of hydrogen-bond acceptors (Lipinski definition) is 3. The van der Waals surface area contributed by atoms with E-state index >= 15 is 0 Å². The number of nitrogens with one attached hydrogen (secondary N) is 1. The van der Waals surface area contributed by atoms with Gasteiger partial charge in [-0.05, 0) is 58.8 Å². The Morgan fingerprint density at radius 2 is 2.05 bits per heavy atom. The van der Waals surface area contributed by atoms with Gasteiger partial charge in [-0.2, -0.15) is 0 Å². The topological polar surface area (TPSA) is 55.4 Å². The van der Waals surface area contributed by atoms with Crippen molar-refractivity contribution >= 4 is 41.9 Å². The van der Waals surface area contributed by atoms with Crippen LogP contribution in [0, 0.1) is 5.41 Å². The first kappa shape index (κ1) is 16.4. The minimum absolute atomic E-state index is 0.0849. The van der Waals surface area contributed by atoms with Crippen LogP contribution in [0.15, 0.2) is 32.0 Å². The molecule has 0 atom stereocenters. The first-order valence-electron chi connectivity index (χ1n) is 6.32. The molecule has 1 aromatic rings. The molecule has 7 heteroatoms. The van der Waals surface area contributed by atoms with Crippen molar-refractivity contribution in [3.63, 3.8) is 0 Å². The van der Waals surface area contributed by atoms with Gasteiger partial charge in [-0.15, -0.1) is 0 Å². The van der Waals surface area contributed by atoms with Gasteiger partial charge < -0.3 is 4.74 Å². The Labute approximate surface area is 136 Å². The Hall–Kier alpha value is 0.0500. The Morgan fingerprint density at radius 1 is 1.35 bits per heavy atom. The van der Waals surface area contributed by atoms with Crippen molar-refractivity contribution in [1.29, 1.82) is 0 Å². The van der Waals surface area contributed by atoms with Crippen molar-refractivity contribution in [1.82, 2.24) is 4.72 Å². The number of hydrogen-bond donors (Lipinski definition) is 1. The van der Waals surface area contributed by atoms with Crippen LogP contribution >= 0.6 is 31.9 Å². The zero-order valence-electron chi connectivity index (χ0n) is 11.2. The highest BCUT2D eigenvalue weighted by Gasteiger charge is 2.42. The quantitative estimate of drug-likeness (QED) is 0.727. The fourth-order valence-electron chi connectivity index (χ4n) is 2.02. The molecule has 4 nitrogen and oxygen atoms in total. The lowest BCUT2D eigenvalue weighted by Gasteiger charge is -2.16. The normalized spacial score (nSPS) is 17.1. The van der Waals surface area contributed by atoms with Gasteiger partial charge in [0, 0.05) is 29.2 Å². The van der Waals surface area contributed by atoms with Crippen LogP contribution in [-0.4, -0.2) is 28.7 Å². The second kappa shape index (κ2) is 6.44. The molecular formula is C13H17Br2NO3S. The van der Waals surface area contributed by atoms with Crippen LogP contribution in [0.3, 0.4) is 0 Å². The number of halogens is 2. The number of rotatable bonds is 7. The van der Waals surface area contributed by atoms with Crippen LogP contribution in [-0.2, 0) is 14.8 Å². The molecule has 0 heterocycles. The first-order chi connectivity index (χ1) is 9.38. The lowest BCUT2D eigenvalue weighted by atomic mass is 10.0. The Balaban J connectivity index is 2.06. The number of methoxy groups -OCH3 is 1. The van der Waals surface area contributed by atoms with Gasteiger partial charge in [0.05, 0.1) is 4.90 Å². The molecule has 0 radical (unpaired) electrons. The summed E-state index contributed by atoms with van der Waals surface area (Å²) in [7, 11) is -1.83. The van der Waals surface area contributed by atoms with E-state index in [2.05, 4.69) is 36.6 Å². The van der Waals surface area contributed by atoms with Gasteiger partial charge in [0.1, 0.15) is 0 Å². The third-order valence-electron chi connectivity index (χ3n) is 3.61. The Bertz CT molecular complexity index is 585. The minimum Gasteiger partial charge on any atom is -0.385 e. The van der Waals surface area contributed by atoms with E-state index in [4.69, 9.17) is 4.74 Å². The molecule has 2 rings (SSSR count). The zero-order chi connectivity index (χ0) is 14.8. The smallest absolute Gasteiger partial charge is 0.241 e. The van der Waals surface area contributed by atoms with E-state index in [0.717, 1.165) is 23.7 Å². The van der Waals surface area contributed by atoms with E-state index in [9.17, 15) is 8.42 Å². The summed E-state index contributed by atoms with van der Waals surface area (Å²) in [6.07, 6.45) is 3.00. The number of benzene rings is 1. The van der Waals surface area contributed by atoms with Crippen molar-refractivity contribution < 1.29 is 13.2 Å². The summed E-state index contributed by atoms with van der Waals surface area (Å²) < 4.78 is 33.8. The Morgan fingerprint density at radius 3 is 2.65 bits per heavy atom. The fraction of sp³-hybridized carbons (Fsp3) is 0.538. The van der Waals surface area contributed by atoms with Crippen LogP contribution in [0.4, 0.5) is 0 Å². The highest BCUT2D eigenvalue weighted by Crippen LogP contribution is 2.48. The maximum atomic E-state index is 12.4. The van der Waals surface area contributed by atoms with Gasteiger partial charge in [-0.3, -0.25) is 0 Å². The van der Waals surface area contributed by atoms with Crippen molar-refractivity contribution in [2.45, 2.75) is 24.2 Å². The predicted molar refractivity (Wildman–Crippen MR) is 85.2 cm³/mol. The summed E-state index contributed by atoms with van der Waals surface area (Å²) in [5.74, 6) is 0. The average Bonchev–Trinajstić information content (AvgIpc) is 3.18. The minimum atomic E-state index is -3.50. The molecule has 1 aromatic carbocycles. The van der Waals surface area contributed by atoms with Crippen LogP contribution in [0.25, 0.3) is 0 Å². The Kier molecular flexibility index (Phi) is 5.29. The van der Waals surface area contributed by atoms with Gasteiger partial charge in [-0.25, -0.2) is 13.1 Å². The number of ether oxygens (including phenoxy) is 1. The third-order valence-corrected chi connectivity index (χ3v) is 6.50. The van der Waals surface area contributed by atoms with Gasteiger partial charge in [0.25, 0.3) is 0 Å². The standard InChI is InChI=1S/C13H17Br2NO3S/c1-19-7-6-13(4-5-13)9-16-20(17,18)12-8-10(14)2-3-11(12)15/h2-3,8,16H,4-7,9H2,1H3. The van der Waals surface area contributed by atoms with E-state index < -0.39 is 10.0 Å². The van der Waals surface area contributed by atoms with E-state index in [1.54, 1.807) is 25.3 Å². The SMILES string of the molecule is COCCC1(CNS(=O)(=O)c2cc(Br)ccc2Br)CC1. The highest BCUT2D eigenvalue weighted by atomic mass is 79.9. The molecule has 1 N–H and O–H groups in total. The van der Waals surface area contributed by atoms with Crippen molar-refractivity contribution in [2.24, 2.45) is 5.41 Å². The third kappa shape index (κ3) is 4.04. The molecule has 0 spiro atoms. The average molecular weight is 427 g/mol. The summed E-state index contributed by atoms with van der Waals surface area (Å²) in [6, 6.07) is 5.11. The lowest BCUT2D eigenvalue weighted by molar-refractivity contribution is 0.173. The van der Waals surface area contributed by atoms with Crippen LogP contribution in [0.1, 0.15) is 19.3 Å². The summed E-state index contributed by atoms with van der Waals surface area (Å²) in [4.78, 5) is 0.259. The lowest BCUT2D eigenvalue weighted by Crippen LogP contribution is -2.31. The summed E-state index contributed by atoms with van der Waals surface area (Å²) in [5.41, 5.74) is 0.0849. The van der Waals surface area contributed by atoms with Crippen LogP contribution < -0.4 is 4.72 Å². The zero-order valence-corrected chi connectivity index (χ0v) is 15.1. The maximum absolute atomic E-state index is 12.4. The molecule has 1 saturated carbocycles. The fourth-order valence-corrected chi connectivity index (χ4v) is 4.68. The largest absolute Gasteiger partial charge is 0.385 e. The van der Waals surface area contributed by atoms with Gasteiger partial charge in [0.2, 0.25) is 10.0 Å². The molecule has 0 unspecified atom stereocenters. The van der Waals surface area contributed by atoms with Crippen LogP contribution in [0.5, 0.6) is 0 Å². The first-order valence-corrected chi connectivity index (χ1v) is 9.39. The highest BCUT2D eigenvalue weighted by molar-refractivity contribution is 9.11. The molecule has 0 aliphatic heterocycles. The summed E-state index contributed by atoms with van der Waals surface area (Å²) in [5, 5.41) is 0. The van der Waals surface area contributed by atoms with E-state index in [-0.39, 0.29) is 10.3 Å². The monoisotopic (exact) mass is 425 g/mol. The molecule has 1 aliphatic carbocycles. The molecule has 0 bridgehead atoms. The van der Waals surface area contributed by atoms with Crippen LogP contribution in [0.2, 0.25) is 0 Å². The molecule has 112 valence electrons. The van der Waals surface area contributed by atoms with Gasteiger partial charge >= 0.3 is 0 Å². The molecule has 0 saturated heterocycles. The van der Waals surface area contributed by atoms with Gasteiger partial charge in [-0.1, -0.05) is 15.9 Å². The molecule has 20 heavy (non-hydrogen) atoms. The van der Waals surface area contributed by atoms with Gasteiger partial charge in [0.15, 0.2) is 0 Å². The maximum Gasteiger partial charge on any atom is 0.241 e. The summed E-state index contributed by atoms with van der Waals surface area (Å²) in [6.45, 7) is 1.14. The van der Waals surface area contributed by atoms with Crippen molar-refractivity contribution in [2.75, 3.05) is 20.3 Å². The van der Waals surface area contributed by atoms with E-state index in [1.165, 1.54) is 0 Å². The second-order valence-corrected chi connectivity index (χ2v) is 8.65. The van der Waals surface area contributed by atoms with E-state index in [1.807, 2.05) is 0 Å². The summed E-state index contributed by atoms with van der Waals surface area (Å²) >= 11 is 6.58. The van der Waals surface area contributed by atoms with E-state index in [0.29, 0.717) is 17.6 Å². The molecule has 0 amide bonds. The number of sulfonamides is 1. The second-order valence-electron chi connectivity index (χ2n) is 5.14. The predicted octanol–water partition coefficient (Wildman–Crippen LogP) is 3.31. The van der Waals surface area contributed by atoms with Crippen molar-refractivity contribution in [3.8, 4) is 0 Å². The van der Waals surface area contributed by atoms with Crippen molar-refractivity contribution in [3.05, 3.63) is 27.1 Å². The molecule has 1 fully saturated rings.